The lowest BCUT2D eigenvalue weighted by molar-refractivity contribution is 0.277. The van der Waals surface area contributed by atoms with Crippen LogP contribution in [0.2, 0.25) is 0 Å². The lowest BCUT2D eigenvalue weighted by atomic mass is 9.77. The Bertz CT molecular complexity index is 742. The van der Waals surface area contributed by atoms with Crippen molar-refractivity contribution in [2.75, 3.05) is 37.0 Å². The van der Waals surface area contributed by atoms with Gasteiger partial charge >= 0.3 is 0 Å². The van der Waals surface area contributed by atoms with Crippen LogP contribution in [0.4, 0.5) is 11.1 Å². The Morgan fingerprint density at radius 2 is 2.21 bits per heavy atom. The van der Waals surface area contributed by atoms with E-state index >= 15 is 0 Å². The summed E-state index contributed by atoms with van der Waals surface area (Å²) in [5.74, 6) is 0.795. The molecule has 0 amide bonds. The maximum Gasteiger partial charge on any atom is 0.225 e. The number of rotatable bonds is 3. The van der Waals surface area contributed by atoms with Crippen molar-refractivity contribution in [2.24, 2.45) is 0 Å². The van der Waals surface area contributed by atoms with E-state index < -0.39 is 0 Å². The number of aryl methyl sites for hydroxylation is 1. The SMILES string of the molecule is CN(C)c1ncc2c(n1)C1(CCCN(c3nc(CO)cs3)C1)CC2. The van der Waals surface area contributed by atoms with Crippen LogP contribution in [-0.2, 0) is 18.4 Å². The molecule has 2 aromatic heterocycles. The molecule has 1 unspecified atom stereocenters. The molecule has 1 N–H and O–H groups in total. The van der Waals surface area contributed by atoms with Crippen LogP contribution in [0.3, 0.4) is 0 Å². The highest BCUT2D eigenvalue weighted by Gasteiger charge is 2.44. The van der Waals surface area contributed by atoms with Gasteiger partial charge in [0.15, 0.2) is 5.13 Å². The van der Waals surface area contributed by atoms with Gasteiger partial charge in [0.05, 0.1) is 18.0 Å². The van der Waals surface area contributed by atoms with Gasteiger partial charge in [0, 0.05) is 44.2 Å². The first-order valence-electron chi connectivity index (χ1n) is 8.45. The van der Waals surface area contributed by atoms with E-state index in [2.05, 4.69) is 14.9 Å². The smallest absolute Gasteiger partial charge is 0.225 e. The molecule has 1 spiro atoms. The number of hydrogen-bond donors (Lipinski definition) is 1. The maximum atomic E-state index is 9.27. The molecule has 7 heteroatoms. The number of thiazole rings is 1. The lowest BCUT2D eigenvalue weighted by Crippen LogP contribution is -2.45. The van der Waals surface area contributed by atoms with Crippen LogP contribution in [0.1, 0.15) is 36.2 Å². The normalized spacial score (nSPS) is 22.9. The van der Waals surface area contributed by atoms with Gasteiger partial charge in [0.1, 0.15) is 0 Å². The van der Waals surface area contributed by atoms with Gasteiger partial charge in [0.2, 0.25) is 5.95 Å². The van der Waals surface area contributed by atoms with Crippen LogP contribution >= 0.6 is 11.3 Å². The molecule has 0 saturated carbocycles. The molecule has 2 aromatic rings. The summed E-state index contributed by atoms with van der Waals surface area (Å²) < 4.78 is 0. The van der Waals surface area contributed by atoms with E-state index in [1.54, 1.807) is 11.3 Å². The molecule has 1 fully saturated rings. The average molecular weight is 345 g/mol. The summed E-state index contributed by atoms with van der Waals surface area (Å²) in [7, 11) is 3.98. The zero-order chi connectivity index (χ0) is 16.7. The first kappa shape index (κ1) is 15.8. The Balaban J connectivity index is 1.66. The van der Waals surface area contributed by atoms with Crippen molar-refractivity contribution in [3.8, 4) is 0 Å². The standard InChI is InChI=1S/C17H23N5OS/c1-21(2)15-18-8-12-4-6-17(14(12)20-15)5-3-7-22(11-17)16-19-13(9-23)10-24-16/h8,10,23H,3-7,9,11H2,1-2H3. The molecular formula is C17H23N5OS. The molecule has 4 rings (SSSR count). The molecule has 128 valence electrons. The number of aliphatic hydroxyl groups is 1. The second-order valence-corrected chi connectivity index (χ2v) is 7.86. The number of nitrogens with zero attached hydrogens (tertiary/aromatic N) is 5. The van der Waals surface area contributed by atoms with Crippen molar-refractivity contribution in [3.05, 3.63) is 28.5 Å². The highest BCUT2D eigenvalue weighted by atomic mass is 32.1. The monoisotopic (exact) mass is 345 g/mol. The highest BCUT2D eigenvalue weighted by molar-refractivity contribution is 7.13. The van der Waals surface area contributed by atoms with Crippen LogP contribution in [0, 0.1) is 0 Å². The van der Waals surface area contributed by atoms with Crippen LogP contribution in [0.5, 0.6) is 0 Å². The van der Waals surface area contributed by atoms with Gasteiger partial charge < -0.3 is 14.9 Å². The molecular weight excluding hydrogens is 322 g/mol. The minimum Gasteiger partial charge on any atom is -0.390 e. The average Bonchev–Trinajstić information content (AvgIpc) is 3.21. The first-order chi connectivity index (χ1) is 11.6. The van der Waals surface area contributed by atoms with Crippen molar-refractivity contribution in [3.63, 3.8) is 0 Å². The molecule has 1 saturated heterocycles. The number of anilines is 2. The topological polar surface area (TPSA) is 65.4 Å². The molecule has 0 radical (unpaired) electrons. The van der Waals surface area contributed by atoms with Gasteiger partial charge in [-0.15, -0.1) is 11.3 Å². The van der Waals surface area contributed by atoms with Crippen molar-refractivity contribution in [1.82, 2.24) is 15.0 Å². The van der Waals surface area contributed by atoms with E-state index in [1.165, 1.54) is 17.7 Å². The molecule has 1 aliphatic carbocycles. The van der Waals surface area contributed by atoms with Crippen LogP contribution in [0.25, 0.3) is 0 Å². The number of aromatic nitrogens is 3. The third-order valence-electron chi connectivity index (χ3n) is 5.18. The summed E-state index contributed by atoms with van der Waals surface area (Å²) in [5.41, 5.74) is 3.42. The summed E-state index contributed by atoms with van der Waals surface area (Å²) in [6.45, 7) is 2.00. The summed E-state index contributed by atoms with van der Waals surface area (Å²) >= 11 is 1.63. The zero-order valence-corrected chi connectivity index (χ0v) is 15.0. The van der Waals surface area contributed by atoms with E-state index in [-0.39, 0.29) is 12.0 Å². The largest absolute Gasteiger partial charge is 0.390 e. The molecule has 1 atom stereocenters. The van der Waals surface area contributed by atoms with Crippen molar-refractivity contribution < 1.29 is 5.11 Å². The third-order valence-corrected chi connectivity index (χ3v) is 6.13. The fraction of sp³-hybridized carbons (Fsp3) is 0.588. The highest BCUT2D eigenvalue weighted by Crippen LogP contribution is 2.45. The van der Waals surface area contributed by atoms with Crippen molar-refractivity contribution in [2.45, 2.75) is 37.7 Å². The Labute approximate surface area is 146 Å². The van der Waals surface area contributed by atoms with E-state index in [9.17, 15) is 5.11 Å². The van der Waals surface area contributed by atoms with E-state index in [1.807, 2.05) is 30.6 Å². The van der Waals surface area contributed by atoms with Gasteiger partial charge in [-0.2, -0.15) is 0 Å². The number of aliphatic hydroxyl groups excluding tert-OH is 1. The Kier molecular flexibility index (Phi) is 3.92. The van der Waals surface area contributed by atoms with Gasteiger partial charge in [0.25, 0.3) is 0 Å². The fourth-order valence-electron chi connectivity index (χ4n) is 3.95. The van der Waals surface area contributed by atoms with Crippen LogP contribution < -0.4 is 9.80 Å². The molecule has 1 aliphatic heterocycles. The predicted octanol–water partition coefficient (Wildman–Crippen LogP) is 1.98. The first-order valence-corrected chi connectivity index (χ1v) is 9.33. The minimum atomic E-state index is 0.0116. The van der Waals surface area contributed by atoms with Crippen LogP contribution in [-0.4, -0.2) is 47.2 Å². The summed E-state index contributed by atoms with van der Waals surface area (Å²) in [5, 5.41) is 12.2. The Morgan fingerprint density at radius 3 is 2.96 bits per heavy atom. The fourth-order valence-corrected chi connectivity index (χ4v) is 4.80. The summed E-state index contributed by atoms with van der Waals surface area (Å²) in [6, 6.07) is 0. The van der Waals surface area contributed by atoms with Crippen molar-refractivity contribution >= 4 is 22.4 Å². The second kappa shape index (κ2) is 5.97. The number of fused-ring (bicyclic) bond motifs is 2. The number of piperidine rings is 1. The van der Waals surface area contributed by atoms with Gasteiger partial charge in [-0.25, -0.2) is 15.0 Å². The molecule has 0 bridgehead atoms. The quantitative estimate of drug-likeness (QED) is 0.918. The van der Waals surface area contributed by atoms with Gasteiger partial charge in [-0.05, 0) is 31.2 Å². The van der Waals surface area contributed by atoms with Crippen LogP contribution in [0.15, 0.2) is 11.6 Å². The van der Waals surface area contributed by atoms with Crippen molar-refractivity contribution in [1.29, 1.82) is 0 Å². The van der Waals surface area contributed by atoms with Gasteiger partial charge in [-0.3, -0.25) is 0 Å². The molecule has 2 aliphatic rings. The Hall–Kier alpha value is -1.73. The Morgan fingerprint density at radius 1 is 1.33 bits per heavy atom. The lowest BCUT2D eigenvalue weighted by Gasteiger charge is -2.40. The summed E-state index contributed by atoms with van der Waals surface area (Å²) in [6.07, 6.45) is 6.55. The molecule has 24 heavy (non-hydrogen) atoms. The maximum absolute atomic E-state index is 9.27. The van der Waals surface area contributed by atoms with E-state index in [4.69, 9.17) is 4.98 Å². The van der Waals surface area contributed by atoms with Gasteiger partial charge in [-0.1, -0.05) is 0 Å². The number of hydrogen-bond acceptors (Lipinski definition) is 7. The predicted molar refractivity (Wildman–Crippen MR) is 95.8 cm³/mol. The second-order valence-electron chi connectivity index (χ2n) is 7.02. The molecule has 0 aromatic carbocycles. The minimum absolute atomic E-state index is 0.0116. The zero-order valence-electron chi connectivity index (χ0n) is 14.2. The molecule has 3 heterocycles. The molecule has 6 nitrogen and oxygen atoms in total. The van der Waals surface area contributed by atoms with E-state index in [0.717, 1.165) is 49.1 Å². The van der Waals surface area contributed by atoms with E-state index in [0.29, 0.717) is 0 Å². The summed E-state index contributed by atoms with van der Waals surface area (Å²) in [4.78, 5) is 18.3. The third kappa shape index (κ3) is 2.56.